The molecule has 2 atom stereocenters. The van der Waals surface area contributed by atoms with Crippen molar-refractivity contribution in [2.75, 3.05) is 0 Å². The molecule has 0 fully saturated rings. The molecule has 0 amide bonds. The number of hydrogen-bond donors (Lipinski definition) is 2. The van der Waals surface area contributed by atoms with Crippen molar-refractivity contribution < 1.29 is 20.3 Å². The molecule has 0 saturated heterocycles. The van der Waals surface area contributed by atoms with E-state index in [1.165, 1.54) is 35.4 Å². The van der Waals surface area contributed by atoms with Gasteiger partial charge in [0.15, 0.2) is 0 Å². The summed E-state index contributed by atoms with van der Waals surface area (Å²) in [4.78, 5) is 10.2. The molecule has 0 radical (unpaired) electrons. The van der Waals surface area contributed by atoms with E-state index >= 15 is 0 Å². The van der Waals surface area contributed by atoms with Crippen LogP contribution in [0.3, 0.4) is 0 Å². The summed E-state index contributed by atoms with van der Waals surface area (Å²) in [5.41, 5.74) is 3.03. The first-order valence-corrected chi connectivity index (χ1v) is 9.41. The van der Waals surface area contributed by atoms with Crippen molar-refractivity contribution in [3.63, 3.8) is 0 Å². The van der Waals surface area contributed by atoms with Crippen LogP contribution in [0, 0.1) is 0 Å². The van der Waals surface area contributed by atoms with Crippen LogP contribution in [0.1, 0.15) is 35.8 Å². The normalized spacial score (nSPS) is 12.4. The first-order valence-electron chi connectivity index (χ1n) is 9.04. The van der Waals surface area contributed by atoms with Crippen molar-refractivity contribution in [3.8, 4) is 0 Å². The molecular weight excluding hydrogens is 374 g/mol. The van der Waals surface area contributed by atoms with Crippen LogP contribution in [-0.2, 0) is 11.3 Å². The number of quaternary nitrogens is 1. The number of aliphatic hydroxyl groups excluding tert-OH is 1. The highest BCUT2D eigenvalue weighted by molar-refractivity contribution is 6.30. The number of carboxylic acids is 1. The van der Waals surface area contributed by atoms with Crippen LogP contribution >= 0.6 is 11.6 Å². The van der Waals surface area contributed by atoms with Crippen molar-refractivity contribution >= 4 is 17.6 Å². The van der Waals surface area contributed by atoms with Crippen LogP contribution < -0.4 is 10.4 Å². The summed E-state index contributed by atoms with van der Waals surface area (Å²) >= 11 is 5.55. The van der Waals surface area contributed by atoms with E-state index in [-0.39, 0.29) is 5.56 Å². The van der Waals surface area contributed by atoms with Crippen LogP contribution in [0.25, 0.3) is 0 Å². The van der Waals surface area contributed by atoms with E-state index < -0.39 is 12.1 Å². The number of benzene rings is 3. The fourth-order valence-electron chi connectivity index (χ4n) is 2.60. The molecule has 146 valence electrons. The molecule has 3 N–H and O–H groups in total. The molecule has 5 heteroatoms. The molecular formula is C23H24ClNO3. The van der Waals surface area contributed by atoms with E-state index in [1.807, 2.05) is 0 Å². The van der Waals surface area contributed by atoms with Crippen LogP contribution in [-0.4, -0.2) is 11.1 Å². The van der Waals surface area contributed by atoms with Gasteiger partial charge in [0.05, 0.1) is 5.97 Å². The highest BCUT2D eigenvalue weighted by Gasteiger charge is 2.07. The van der Waals surface area contributed by atoms with Crippen LogP contribution in [0.15, 0.2) is 84.9 Å². The fourth-order valence-corrected chi connectivity index (χ4v) is 2.73. The maximum Gasteiger partial charge on any atom is 0.118 e. The van der Waals surface area contributed by atoms with E-state index in [9.17, 15) is 9.90 Å². The lowest BCUT2D eigenvalue weighted by Gasteiger charge is -2.10. The topological polar surface area (TPSA) is 77.0 Å². The molecule has 0 saturated carbocycles. The summed E-state index contributed by atoms with van der Waals surface area (Å²) < 4.78 is 0. The van der Waals surface area contributed by atoms with E-state index in [1.54, 1.807) is 0 Å². The molecule has 0 bridgehead atoms. The lowest BCUT2D eigenvalue weighted by Crippen LogP contribution is -2.83. The second-order valence-corrected chi connectivity index (χ2v) is 6.83. The Morgan fingerprint density at radius 2 is 1.46 bits per heavy atom. The summed E-state index contributed by atoms with van der Waals surface area (Å²) in [6, 6.07) is 27.6. The lowest BCUT2D eigenvalue weighted by atomic mass is 10.1. The minimum atomic E-state index is -1.58. The molecule has 0 aliphatic heterocycles. The third-order valence-electron chi connectivity index (χ3n) is 4.28. The monoisotopic (exact) mass is 397 g/mol. The van der Waals surface area contributed by atoms with Gasteiger partial charge >= 0.3 is 0 Å². The van der Waals surface area contributed by atoms with Gasteiger partial charge in [0.25, 0.3) is 0 Å². The molecule has 3 aromatic carbocycles. The van der Waals surface area contributed by atoms with Gasteiger partial charge in [-0.3, -0.25) is 0 Å². The summed E-state index contributed by atoms with van der Waals surface area (Å²) in [5, 5.41) is 22.0. The maximum absolute atomic E-state index is 10.2. The number of rotatable bonds is 6. The van der Waals surface area contributed by atoms with Gasteiger partial charge in [-0.15, -0.1) is 0 Å². The Morgan fingerprint density at radius 1 is 0.929 bits per heavy atom. The molecule has 0 aromatic heterocycles. The van der Waals surface area contributed by atoms with Gasteiger partial charge in [-0.1, -0.05) is 84.4 Å². The Balaban J connectivity index is 0.000000209. The second-order valence-electron chi connectivity index (χ2n) is 6.40. The average Bonchev–Trinajstić information content (AvgIpc) is 2.74. The van der Waals surface area contributed by atoms with Crippen molar-refractivity contribution in [3.05, 3.63) is 107 Å². The van der Waals surface area contributed by atoms with E-state index in [2.05, 4.69) is 72.9 Å². The summed E-state index contributed by atoms with van der Waals surface area (Å²) in [6.07, 6.45) is -1.58. The van der Waals surface area contributed by atoms with E-state index in [4.69, 9.17) is 16.7 Å². The zero-order valence-corrected chi connectivity index (χ0v) is 16.4. The van der Waals surface area contributed by atoms with Crippen molar-refractivity contribution in [1.29, 1.82) is 0 Å². The molecule has 0 aliphatic carbocycles. The van der Waals surface area contributed by atoms with Crippen molar-refractivity contribution in [1.82, 2.24) is 0 Å². The highest BCUT2D eigenvalue weighted by Crippen LogP contribution is 2.15. The Bertz CT molecular complexity index is 839. The Kier molecular flexibility index (Phi) is 8.69. The van der Waals surface area contributed by atoms with E-state index in [0.717, 1.165) is 6.54 Å². The molecule has 3 rings (SSSR count). The first-order chi connectivity index (χ1) is 13.5. The summed E-state index contributed by atoms with van der Waals surface area (Å²) in [5.74, 6) is -1.52. The smallest absolute Gasteiger partial charge is 0.118 e. The SMILES string of the molecule is C[C@@H]([NH2+]Cc1ccccc1)c1ccccc1.O=C([O-])[C@H](O)c1ccc(Cl)cc1. The largest absolute Gasteiger partial charge is 0.547 e. The zero-order chi connectivity index (χ0) is 20.4. The van der Waals surface area contributed by atoms with Crippen LogP contribution in [0.4, 0.5) is 0 Å². The molecule has 3 aromatic rings. The summed E-state index contributed by atoms with van der Waals surface area (Å²) in [6.45, 7) is 3.29. The zero-order valence-electron chi connectivity index (χ0n) is 15.7. The molecule has 0 spiro atoms. The average molecular weight is 398 g/mol. The molecule has 28 heavy (non-hydrogen) atoms. The van der Waals surface area contributed by atoms with Gasteiger partial charge in [-0.05, 0) is 24.6 Å². The van der Waals surface area contributed by atoms with Gasteiger partial charge in [-0.25, -0.2) is 0 Å². The molecule has 0 aliphatic rings. The van der Waals surface area contributed by atoms with Crippen LogP contribution in [0.2, 0.25) is 5.02 Å². The Hall–Kier alpha value is -2.66. The van der Waals surface area contributed by atoms with Gasteiger partial charge in [-0.2, -0.15) is 0 Å². The number of hydrogen-bond acceptors (Lipinski definition) is 3. The highest BCUT2D eigenvalue weighted by atomic mass is 35.5. The van der Waals surface area contributed by atoms with Gasteiger partial charge in [0.1, 0.15) is 18.7 Å². The van der Waals surface area contributed by atoms with Crippen molar-refractivity contribution in [2.24, 2.45) is 0 Å². The number of aliphatic carboxylic acids is 1. The number of halogens is 1. The van der Waals surface area contributed by atoms with Gasteiger partial charge in [0.2, 0.25) is 0 Å². The van der Waals surface area contributed by atoms with Crippen molar-refractivity contribution in [2.45, 2.75) is 25.6 Å². The fraction of sp³-hybridized carbons (Fsp3) is 0.174. The van der Waals surface area contributed by atoms with E-state index in [0.29, 0.717) is 11.1 Å². The van der Waals surface area contributed by atoms with Gasteiger partial charge in [0, 0.05) is 16.1 Å². The molecule has 0 heterocycles. The number of aliphatic hydroxyl groups is 1. The summed E-state index contributed by atoms with van der Waals surface area (Å²) in [7, 11) is 0. The van der Waals surface area contributed by atoms with Crippen LogP contribution in [0.5, 0.6) is 0 Å². The first kappa shape index (κ1) is 21.6. The number of carboxylic acid groups (broad SMARTS) is 1. The third kappa shape index (κ3) is 7.16. The van der Waals surface area contributed by atoms with Gasteiger partial charge < -0.3 is 20.3 Å². The Labute approximate surface area is 170 Å². The minimum absolute atomic E-state index is 0.263. The second kappa shape index (κ2) is 11.2. The number of nitrogens with two attached hydrogens (primary N) is 1. The third-order valence-corrected chi connectivity index (χ3v) is 4.54. The predicted octanol–water partition coefficient (Wildman–Crippen LogP) is 2.63. The standard InChI is InChI=1S/C15H17N.C8H7ClO3/c1-13(15-10-6-3-7-11-15)16-12-14-8-4-2-5-9-14;9-6-3-1-5(2-4-6)7(10)8(11)12/h2-11,13,16H,12H2,1H3;1-4,7,10H,(H,11,12)/t13-;7-/m11/s1. The minimum Gasteiger partial charge on any atom is -0.547 e. The molecule has 0 unspecified atom stereocenters. The maximum atomic E-state index is 10.2. The predicted molar refractivity (Wildman–Crippen MR) is 108 cm³/mol. The lowest BCUT2D eigenvalue weighted by molar-refractivity contribution is -0.707. The quantitative estimate of drug-likeness (QED) is 0.671. The number of carbonyl (C=O) groups excluding carboxylic acids is 1. The Morgan fingerprint density at radius 3 is 2.00 bits per heavy atom. The molecule has 4 nitrogen and oxygen atoms in total. The number of carbonyl (C=O) groups is 1.